The number of aromatic nitrogens is 1. The van der Waals surface area contributed by atoms with E-state index in [0.29, 0.717) is 22.9 Å². The Morgan fingerprint density at radius 2 is 1.90 bits per heavy atom. The Bertz CT molecular complexity index is 1110. The Balaban J connectivity index is 1.45. The molecule has 1 fully saturated rings. The molecule has 1 aliphatic carbocycles. The van der Waals surface area contributed by atoms with E-state index < -0.39 is 0 Å². The Kier molecular flexibility index (Phi) is 6.53. The van der Waals surface area contributed by atoms with Gasteiger partial charge in [0, 0.05) is 34.8 Å². The SMILES string of the molecule is C#CC[C@@H](C(=O)Nc1ccc(Cl)cc1)[C@H]1CC[C@@H](c2ccnc3cc(F)ccc32)CC1. The van der Waals surface area contributed by atoms with Crippen LogP contribution in [0.5, 0.6) is 0 Å². The third-order valence-electron chi connectivity index (χ3n) is 6.31. The van der Waals surface area contributed by atoms with E-state index in [1.54, 1.807) is 30.5 Å². The predicted octanol–water partition coefficient (Wildman–Crippen LogP) is 6.58. The summed E-state index contributed by atoms with van der Waals surface area (Å²) < 4.78 is 13.6. The first-order valence-electron chi connectivity index (χ1n) is 10.6. The van der Waals surface area contributed by atoms with Gasteiger partial charge in [0.05, 0.1) is 11.4 Å². The van der Waals surface area contributed by atoms with Crippen molar-refractivity contribution in [1.82, 2.24) is 4.98 Å². The molecule has 1 N–H and O–H groups in total. The lowest BCUT2D eigenvalue weighted by Crippen LogP contribution is -2.31. The van der Waals surface area contributed by atoms with Gasteiger partial charge in [-0.25, -0.2) is 4.39 Å². The predicted molar refractivity (Wildman–Crippen MR) is 123 cm³/mol. The number of amides is 1. The van der Waals surface area contributed by atoms with Gasteiger partial charge < -0.3 is 5.32 Å². The van der Waals surface area contributed by atoms with Crippen LogP contribution in [0.2, 0.25) is 5.02 Å². The molecule has 5 heteroatoms. The van der Waals surface area contributed by atoms with Crippen LogP contribution < -0.4 is 5.32 Å². The quantitative estimate of drug-likeness (QED) is 0.461. The number of pyridine rings is 1. The van der Waals surface area contributed by atoms with E-state index in [4.69, 9.17) is 18.0 Å². The van der Waals surface area contributed by atoms with Gasteiger partial charge in [0.1, 0.15) is 5.82 Å². The van der Waals surface area contributed by atoms with Gasteiger partial charge in [0.2, 0.25) is 5.91 Å². The number of terminal acetylenes is 1. The van der Waals surface area contributed by atoms with Gasteiger partial charge in [-0.1, -0.05) is 11.6 Å². The number of benzene rings is 2. The number of anilines is 1. The number of halogens is 2. The largest absolute Gasteiger partial charge is 0.326 e. The summed E-state index contributed by atoms with van der Waals surface area (Å²) in [7, 11) is 0. The molecule has 0 radical (unpaired) electrons. The number of hydrogen-bond donors (Lipinski definition) is 1. The average Bonchev–Trinajstić information content (AvgIpc) is 2.78. The van der Waals surface area contributed by atoms with Gasteiger partial charge >= 0.3 is 0 Å². The summed E-state index contributed by atoms with van der Waals surface area (Å²) >= 11 is 5.93. The fraction of sp³-hybridized carbons (Fsp3) is 0.308. The molecule has 158 valence electrons. The van der Waals surface area contributed by atoms with E-state index in [1.165, 1.54) is 17.7 Å². The minimum Gasteiger partial charge on any atom is -0.326 e. The zero-order valence-corrected chi connectivity index (χ0v) is 17.9. The van der Waals surface area contributed by atoms with Crippen molar-refractivity contribution >= 4 is 34.1 Å². The van der Waals surface area contributed by atoms with E-state index in [2.05, 4.69) is 16.2 Å². The van der Waals surface area contributed by atoms with E-state index in [0.717, 1.165) is 36.8 Å². The fourth-order valence-corrected chi connectivity index (χ4v) is 4.83. The maximum absolute atomic E-state index is 13.6. The molecule has 2 aromatic carbocycles. The Morgan fingerprint density at radius 1 is 1.16 bits per heavy atom. The second kappa shape index (κ2) is 9.49. The highest BCUT2D eigenvalue weighted by molar-refractivity contribution is 6.30. The second-order valence-electron chi connectivity index (χ2n) is 8.18. The van der Waals surface area contributed by atoms with E-state index in [9.17, 15) is 9.18 Å². The summed E-state index contributed by atoms with van der Waals surface area (Å²) in [6, 6.07) is 13.9. The van der Waals surface area contributed by atoms with Crippen LogP contribution in [0.4, 0.5) is 10.1 Å². The van der Waals surface area contributed by atoms with Crippen molar-refractivity contribution in [2.75, 3.05) is 5.32 Å². The molecule has 3 aromatic rings. The summed E-state index contributed by atoms with van der Waals surface area (Å²) in [5, 5.41) is 4.62. The van der Waals surface area contributed by atoms with Crippen LogP contribution in [-0.4, -0.2) is 10.9 Å². The Hall–Kier alpha value is -2.90. The number of carbonyl (C=O) groups excluding carboxylic acids is 1. The standard InChI is InChI=1S/C26H24ClFN2O/c1-2-3-23(26(31)30-21-11-8-19(27)9-12-21)18-6-4-17(5-7-18)22-14-15-29-25-16-20(28)10-13-24(22)25/h1,8-18,23H,3-7H2,(H,30,31)/t17-,18+,23-/m1/s1. The molecule has 0 saturated heterocycles. The summed E-state index contributed by atoms with van der Waals surface area (Å²) in [6.07, 6.45) is 11.6. The molecular weight excluding hydrogens is 411 g/mol. The lowest BCUT2D eigenvalue weighted by atomic mass is 9.72. The minimum absolute atomic E-state index is 0.0337. The van der Waals surface area contributed by atoms with Crippen molar-refractivity contribution in [2.24, 2.45) is 11.8 Å². The highest BCUT2D eigenvalue weighted by atomic mass is 35.5. The third kappa shape index (κ3) is 4.89. The molecular formula is C26H24ClFN2O. The Labute approximate surface area is 187 Å². The monoisotopic (exact) mass is 434 g/mol. The number of nitrogens with one attached hydrogen (secondary N) is 1. The zero-order chi connectivity index (χ0) is 21.8. The maximum Gasteiger partial charge on any atom is 0.228 e. The number of fused-ring (bicyclic) bond motifs is 1. The van der Waals surface area contributed by atoms with Crippen molar-refractivity contribution in [1.29, 1.82) is 0 Å². The lowest BCUT2D eigenvalue weighted by Gasteiger charge is -2.33. The van der Waals surface area contributed by atoms with E-state index in [1.807, 2.05) is 12.1 Å². The second-order valence-corrected chi connectivity index (χ2v) is 8.62. The van der Waals surface area contributed by atoms with Crippen LogP contribution >= 0.6 is 11.6 Å². The van der Waals surface area contributed by atoms with Crippen molar-refractivity contribution in [3.63, 3.8) is 0 Å². The molecule has 0 unspecified atom stereocenters. The van der Waals surface area contributed by atoms with Crippen molar-refractivity contribution < 1.29 is 9.18 Å². The zero-order valence-electron chi connectivity index (χ0n) is 17.2. The van der Waals surface area contributed by atoms with Gasteiger partial charge in [-0.15, -0.1) is 12.3 Å². The summed E-state index contributed by atoms with van der Waals surface area (Å²) in [5.41, 5.74) is 2.62. The molecule has 1 saturated carbocycles. The highest BCUT2D eigenvalue weighted by Crippen LogP contribution is 2.41. The molecule has 0 aliphatic heterocycles. The molecule has 0 bridgehead atoms. The topological polar surface area (TPSA) is 42.0 Å². The van der Waals surface area contributed by atoms with Gasteiger partial charge in [0.25, 0.3) is 0 Å². The Morgan fingerprint density at radius 3 is 2.61 bits per heavy atom. The van der Waals surface area contributed by atoms with E-state index >= 15 is 0 Å². The van der Waals surface area contributed by atoms with Gasteiger partial charge in [-0.05, 0) is 85.5 Å². The number of hydrogen-bond acceptors (Lipinski definition) is 2. The summed E-state index contributed by atoms with van der Waals surface area (Å²) in [6.45, 7) is 0. The lowest BCUT2D eigenvalue weighted by molar-refractivity contribution is -0.121. The van der Waals surface area contributed by atoms with Gasteiger partial charge in [-0.2, -0.15) is 0 Å². The van der Waals surface area contributed by atoms with Crippen LogP contribution in [0, 0.1) is 30.0 Å². The fourth-order valence-electron chi connectivity index (χ4n) is 4.70. The summed E-state index contributed by atoms with van der Waals surface area (Å²) in [5.74, 6) is 2.78. The molecule has 3 nitrogen and oxygen atoms in total. The van der Waals surface area contributed by atoms with Crippen LogP contribution in [0.3, 0.4) is 0 Å². The molecule has 0 spiro atoms. The molecule has 1 amide bonds. The van der Waals surface area contributed by atoms with Crippen molar-refractivity contribution in [2.45, 2.75) is 38.0 Å². The minimum atomic E-state index is -0.273. The van der Waals surface area contributed by atoms with Gasteiger partial charge in [-0.3, -0.25) is 9.78 Å². The molecule has 1 aromatic heterocycles. The van der Waals surface area contributed by atoms with Crippen LogP contribution in [0.25, 0.3) is 10.9 Å². The normalized spacial score (nSPS) is 19.5. The maximum atomic E-state index is 13.6. The molecule has 4 rings (SSSR count). The highest BCUT2D eigenvalue weighted by Gasteiger charge is 2.32. The van der Waals surface area contributed by atoms with Crippen LogP contribution in [-0.2, 0) is 4.79 Å². The number of carbonyl (C=O) groups is 1. The van der Waals surface area contributed by atoms with E-state index in [-0.39, 0.29) is 23.6 Å². The van der Waals surface area contributed by atoms with Gasteiger partial charge in [0.15, 0.2) is 0 Å². The first-order chi connectivity index (χ1) is 15.0. The van der Waals surface area contributed by atoms with Crippen molar-refractivity contribution in [3.8, 4) is 12.3 Å². The third-order valence-corrected chi connectivity index (χ3v) is 6.56. The molecule has 31 heavy (non-hydrogen) atoms. The van der Waals surface area contributed by atoms with Crippen molar-refractivity contribution in [3.05, 3.63) is 71.1 Å². The first-order valence-corrected chi connectivity index (χ1v) is 11.0. The molecule has 1 atom stereocenters. The number of nitrogens with zero attached hydrogens (tertiary/aromatic N) is 1. The van der Waals surface area contributed by atoms with Crippen LogP contribution in [0.1, 0.15) is 43.6 Å². The average molecular weight is 435 g/mol. The first kappa shape index (κ1) is 21.3. The smallest absolute Gasteiger partial charge is 0.228 e. The van der Waals surface area contributed by atoms with Crippen LogP contribution in [0.15, 0.2) is 54.7 Å². The summed E-state index contributed by atoms with van der Waals surface area (Å²) in [4.78, 5) is 17.3. The number of rotatable bonds is 5. The molecule has 1 heterocycles. The molecule has 1 aliphatic rings.